The minimum Gasteiger partial charge on any atom is -0.322 e. The third-order valence-corrected chi connectivity index (χ3v) is 3.79. The van der Waals surface area contributed by atoms with Crippen LogP contribution in [0.3, 0.4) is 0 Å². The number of aromatic nitrogens is 6. The van der Waals surface area contributed by atoms with Crippen LogP contribution in [0.15, 0.2) is 30.9 Å². The van der Waals surface area contributed by atoms with Crippen LogP contribution in [0.2, 0.25) is 0 Å². The van der Waals surface area contributed by atoms with Gasteiger partial charge in [-0.3, -0.25) is 18.8 Å². The van der Waals surface area contributed by atoms with Gasteiger partial charge in [-0.1, -0.05) is 0 Å². The van der Waals surface area contributed by atoms with Crippen molar-refractivity contribution in [3.8, 4) is 0 Å². The molecule has 0 aliphatic rings. The summed E-state index contributed by atoms with van der Waals surface area (Å²) in [6.45, 7) is 4.81. The number of nitrogens with zero attached hydrogens (tertiary/aromatic N) is 6. The number of alkyl halides is 2. The van der Waals surface area contributed by atoms with E-state index in [1.54, 1.807) is 24.0 Å². The second kappa shape index (κ2) is 7.46. The SMILES string of the molecule is CCn1cc(Cn2cc(NC(=O)Cn3nc(C(F)F)cc3C)cn2)cn1. The highest BCUT2D eigenvalue weighted by Crippen LogP contribution is 2.18. The molecule has 0 saturated carbocycles. The van der Waals surface area contributed by atoms with Gasteiger partial charge in [-0.25, -0.2) is 8.78 Å². The summed E-state index contributed by atoms with van der Waals surface area (Å²) in [5.41, 5.74) is 1.69. The van der Waals surface area contributed by atoms with Crippen LogP contribution in [-0.2, 0) is 24.4 Å². The van der Waals surface area contributed by atoms with Crippen LogP contribution < -0.4 is 5.32 Å². The standard InChI is InChI=1S/C16H19F2N7O/c1-3-23-7-12(5-19-23)8-24-9-13(6-20-24)21-15(26)10-25-11(2)4-14(22-25)16(17)18/h4-7,9,16H,3,8,10H2,1-2H3,(H,21,26). The number of carbonyl (C=O) groups is 1. The smallest absolute Gasteiger partial charge is 0.282 e. The van der Waals surface area contributed by atoms with Gasteiger partial charge in [0.2, 0.25) is 5.91 Å². The molecule has 0 fully saturated rings. The summed E-state index contributed by atoms with van der Waals surface area (Å²) in [6, 6.07) is 1.27. The molecule has 0 atom stereocenters. The van der Waals surface area contributed by atoms with Crippen molar-refractivity contribution in [1.82, 2.24) is 29.3 Å². The fourth-order valence-corrected chi connectivity index (χ4v) is 2.50. The van der Waals surface area contributed by atoms with Crippen molar-refractivity contribution in [2.24, 2.45) is 0 Å². The van der Waals surface area contributed by atoms with E-state index in [1.807, 2.05) is 17.8 Å². The van der Waals surface area contributed by atoms with E-state index in [9.17, 15) is 13.6 Å². The average molecular weight is 363 g/mol. The zero-order valence-electron chi connectivity index (χ0n) is 14.4. The van der Waals surface area contributed by atoms with Crippen LogP contribution >= 0.6 is 0 Å². The summed E-state index contributed by atoms with van der Waals surface area (Å²) >= 11 is 0. The first-order valence-corrected chi connectivity index (χ1v) is 8.10. The molecule has 3 aromatic rings. The molecule has 8 nitrogen and oxygen atoms in total. The van der Waals surface area contributed by atoms with E-state index in [1.165, 1.54) is 16.9 Å². The van der Waals surface area contributed by atoms with Gasteiger partial charge in [-0.15, -0.1) is 0 Å². The van der Waals surface area contributed by atoms with E-state index < -0.39 is 6.43 Å². The Balaban J connectivity index is 1.59. The van der Waals surface area contributed by atoms with Crippen molar-refractivity contribution < 1.29 is 13.6 Å². The van der Waals surface area contributed by atoms with Crippen molar-refractivity contribution in [1.29, 1.82) is 0 Å². The molecule has 0 radical (unpaired) electrons. The number of amides is 1. The number of halogens is 2. The summed E-state index contributed by atoms with van der Waals surface area (Å²) in [5.74, 6) is -0.365. The lowest BCUT2D eigenvalue weighted by atomic mass is 10.4. The number of anilines is 1. The Bertz CT molecular complexity index is 896. The summed E-state index contributed by atoms with van der Waals surface area (Å²) in [5, 5.41) is 14.8. The second-order valence-electron chi connectivity index (χ2n) is 5.85. The van der Waals surface area contributed by atoms with E-state index in [0.29, 0.717) is 17.9 Å². The topological polar surface area (TPSA) is 82.6 Å². The van der Waals surface area contributed by atoms with Gasteiger partial charge in [0.25, 0.3) is 6.43 Å². The molecule has 0 saturated heterocycles. The Labute approximate surface area is 148 Å². The maximum atomic E-state index is 12.7. The predicted molar refractivity (Wildman–Crippen MR) is 89.8 cm³/mol. The Morgan fingerprint density at radius 3 is 2.65 bits per heavy atom. The molecule has 0 aliphatic carbocycles. The van der Waals surface area contributed by atoms with Crippen LogP contribution in [0.4, 0.5) is 14.5 Å². The molecule has 0 bridgehead atoms. The van der Waals surface area contributed by atoms with E-state index in [0.717, 1.165) is 12.1 Å². The maximum Gasteiger partial charge on any atom is 0.282 e. The molecule has 10 heteroatoms. The van der Waals surface area contributed by atoms with Crippen LogP contribution in [-0.4, -0.2) is 35.2 Å². The molecule has 3 aromatic heterocycles. The molecule has 138 valence electrons. The lowest BCUT2D eigenvalue weighted by Crippen LogP contribution is -2.20. The first kappa shape index (κ1) is 17.8. The normalized spacial score (nSPS) is 11.3. The molecule has 3 rings (SSSR count). The van der Waals surface area contributed by atoms with Crippen LogP contribution in [0.25, 0.3) is 0 Å². The van der Waals surface area contributed by atoms with E-state index >= 15 is 0 Å². The molecule has 26 heavy (non-hydrogen) atoms. The summed E-state index contributed by atoms with van der Waals surface area (Å²) in [7, 11) is 0. The molecule has 1 N–H and O–H groups in total. The highest BCUT2D eigenvalue weighted by molar-refractivity contribution is 5.90. The largest absolute Gasteiger partial charge is 0.322 e. The van der Waals surface area contributed by atoms with Gasteiger partial charge in [-0.05, 0) is 19.9 Å². The highest BCUT2D eigenvalue weighted by atomic mass is 19.3. The summed E-state index contributed by atoms with van der Waals surface area (Å²) in [6.07, 6.45) is 4.27. The van der Waals surface area contributed by atoms with Gasteiger partial charge in [0, 0.05) is 30.2 Å². The zero-order valence-corrected chi connectivity index (χ0v) is 14.4. The Morgan fingerprint density at radius 1 is 1.23 bits per heavy atom. The molecule has 3 heterocycles. The molecule has 0 aliphatic heterocycles. The lowest BCUT2D eigenvalue weighted by molar-refractivity contribution is -0.117. The zero-order chi connectivity index (χ0) is 18.7. The minimum atomic E-state index is -2.66. The summed E-state index contributed by atoms with van der Waals surface area (Å²) in [4.78, 5) is 12.1. The monoisotopic (exact) mass is 363 g/mol. The van der Waals surface area contributed by atoms with Gasteiger partial charge in [0.05, 0.1) is 24.6 Å². The second-order valence-corrected chi connectivity index (χ2v) is 5.85. The molecule has 0 aromatic carbocycles. The molecular weight excluding hydrogens is 344 g/mol. The average Bonchev–Trinajstić information content (AvgIpc) is 3.30. The fraction of sp³-hybridized carbons (Fsp3) is 0.375. The van der Waals surface area contributed by atoms with Crippen molar-refractivity contribution in [3.63, 3.8) is 0 Å². The molecule has 0 spiro atoms. The number of aryl methyl sites for hydroxylation is 2. The third kappa shape index (κ3) is 4.13. The maximum absolute atomic E-state index is 12.7. The van der Waals surface area contributed by atoms with Crippen molar-refractivity contribution in [3.05, 3.63) is 47.8 Å². The lowest BCUT2D eigenvalue weighted by Gasteiger charge is -2.04. The molecule has 0 unspecified atom stereocenters. The number of carbonyl (C=O) groups excluding carboxylic acids is 1. The number of nitrogens with one attached hydrogen (secondary N) is 1. The van der Waals surface area contributed by atoms with Crippen LogP contribution in [0.5, 0.6) is 0 Å². The summed E-state index contributed by atoms with van der Waals surface area (Å²) < 4.78 is 30.1. The van der Waals surface area contributed by atoms with Crippen LogP contribution in [0, 0.1) is 6.92 Å². The van der Waals surface area contributed by atoms with Gasteiger partial charge in [0.1, 0.15) is 12.2 Å². The fourth-order valence-electron chi connectivity index (χ4n) is 2.50. The van der Waals surface area contributed by atoms with E-state index in [2.05, 4.69) is 20.6 Å². The number of hydrogen-bond donors (Lipinski definition) is 1. The number of hydrogen-bond acceptors (Lipinski definition) is 4. The first-order valence-electron chi connectivity index (χ1n) is 8.10. The number of rotatable bonds is 7. The molecule has 1 amide bonds. The Kier molecular flexibility index (Phi) is 5.10. The van der Waals surface area contributed by atoms with E-state index in [-0.39, 0.29) is 18.1 Å². The molecular formula is C16H19F2N7O. The predicted octanol–water partition coefficient (Wildman–Crippen LogP) is 2.23. The first-order chi connectivity index (χ1) is 12.4. The van der Waals surface area contributed by atoms with Gasteiger partial charge in [-0.2, -0.15) is 15.3 Å². The highest BCUT2D eigenvalue weighted by Gasteiger charge is 2.15. The van der Waals surface area contributed by atoms with Crippen LogP contribution in [0.1, 0.15) is 30.3 Å². The Hall–Kier alpha value is -3.04. The van der Waals surface area contributed by atoms with Crippen molar-refractivity contribution >= 4 is 11.6 Å². The quantitative estimate of drug-likeness (QED) is 0.698. The minimum absolute atomic E-state index is 0.146. The van der Waals surface area contributed by atoms with Gasteiger partial charge in [0.15, 0.2) is 0 Å². The van der Waals surface area contributed by atoms with Crippen molar-refractivity contribution in [2.45, 2.75) is 39.9 Å². The van der Waals surface area contributed by atoms with Crippen molar-refractivity contribution in [2.75, 3.05) is 5.32 Å². The van der Waals surface area contributed by atoms with Gasteiger partial charge < -0.3 is 5.32 Å². The third-order valence-electron chi connectivity index (χ3n) is 3.79. The Morgan fingerprint density at radius 2 is 2.00 bits per heavy atom. The van der Waals surface area contributed by atoms with Gasteiger partial charge >= 0.3 is 0 Å². The van der Waals surface area contributed by atoms with E-state index in [4.69, 9.17) is 0 Å².